The standard InChI is InChI=1S/C4H5ClO2/c1-3(5)2-4(6)7/h1-2H2,(H,6,7)/i2D2. The number of rotatable bonds is 2. The lowest BCUT2D eigenvalue weighted by molar-refractivity contribution is -0.136. The zero-order valence-corrected chi connectivity index (χ0v) is 4.20. The van der Waals surface area contributed by atoms with Crippen LogP contribution in [0.25, 0.3) is 0 Å². The molecule has 0 bridgehead atoms. The minimum Gasteiger partial charge on any atom is -0.481 e. The Morgan fingerprint density at radius 3 is 2.57 bits per heavy atom. The molecule has 1 N–H and O–H groups in total. The van der Waals surface area contributed by atoms with Gasteiger partial charge in [0.05, 0.1) is 6.37 Å². The van der Waals surface area contributed by atoms with Crippen LogP contribution in [0.4, 0.5) is 0 Å². The maximum absolute atomic E-state index is 9.94. The lowest BCUT2D eigenvalue weighted by Gasteiger charge is -1.83. The van der Waals surface area contributed by atoms with Gasteiger partial charge in [0.15, 0.2) is 0 Å². The summed E-state index contributed by atoms with van der Waals surface area (Å²) in [7, 11) is 0. The van der Waals surface area contributed by atoms with Gasteiger partial charge in [-0.2, -0.15) is 0 Å². The third-order valence-electron chi connectivity index (χ3n) is 0.243. The van der Waals surface area contributed by atoms with Crippen LogP contribution < -0.4 is 0 Å². The minimum atomic E-state index is -2.51. The molecule has 0 aliphatic heterocycles. The first-order valence-corrected chi connectivity index (χ1v) is 1.85. The molecule has 0 radical (unpaired) electrons. The monoisotopic (exact) mass is 122 g/mol. The predicted octanol–water partition coefficient (Wildman–Crippen LogP) is 1.21. The van der Waals surface area contributed by atoms with Crippen LogP contribution in [0.5, 0.6) is 0 Å². The molecule has 0 heterocycles. The molecule has 0 saturated carbocycles. The molecular weight excluding hydrogens is 115 g/mol. The van der Waals surface area contributed by atoms with Gasteiger partial charge in [0.25, 0.3) is 0 Å². The maximum Gasteiger partial charge on any atom is 0.308 e. The average Bonchev–Trinajstić information content (AvgIpc) is 1.65. The van der Waals surface area contributed by atoms with Crippen LogP contribution in [0.1, 0.15) is 9.11 Å². The second-order valence-corrected chi connectivity index (χ2v) is 1.29. The number of carboxylic acid groups (broad SMARTS) is 1. The van der Waals surface area contributed by atoms with Crippen LogP contribution in [-0.2, 0) is 4.79 Å². The van der Waals surface area contributed by atoms with E-state index in [1.165, 1.54) is 0 Å². The second kappa shape index (κ2) is 2.64. The topological polar surface area (TPSA) is 37.3 Å². The molecule has 0 aliphatic carbocycles. The molecule has 0 amide bonds. The molecule has 7 heavy (non-hydrogen) atoms. The zero-order chi connectivity index (χ0) is 7.65. The van der Waals surface area contributed by atoms with E-state index in [2.05, 4.69) is 6.58 Å². The van der Waals surface area contributed by atoms with Gasteiger partial charge in [-0.3, -0.25) is 4.79 Å². The normalized spacial score (nSPS) is 14.4. The third-order valence-corrected chi connectivity index (χ3v) is 0.337. The van der Waals surface area contributed by atoms with Crippen LogP contribution in [0.3, 0.4) is 0 Å². The first kappa shape index (κ1) is 3.50. The van der Waals surface area contributed by atoms with Crippen molar-refractivity contribution in [2.45, 2.75) is 6.37 Å². The highest BCUT2D eigenvalue weighted by molar-refractivity contribution is 6.30. The van der Waals surface area contributed by atoms with Crippen molar-refractivity contribution in [2.75, 3.05) is 0 Å². The van der Waals surface area contributed by atoms with Gasteiger partial charge in [-0.15, -0.1) is 0 Å². The summed E-state index contributed by atoms with van der Waals surface area (Å²) < 4.78 is 13.3. The van der Waals surface area contributed by atoms with E-state index in [9.17, 15) is 4.79 Å². The number of aliphatic carboxylic acids is 1. The average molecular weight is 123 g/mol. The fourth-order valence-electron chi connectivity index (χ4n) is 0.116. The Kier molecular flexibility index (Phi) is 1.32. The SMILES string of the molecule is [2H]C([2H])(C(=C)Cl)C(=O)O. The lowest BCUT2D eigenvalue weighted by atomic mass is 10.4. The molecular formula is C4H5ClO2. The quantitative estimate of drug-likeness (QED) is 0.598. The number of hydrogen-bond donors (Lipinski definition) is 1. The van der Waals surface area contributed by atoms with Crippen LogP contribution in [0.15, 0.2) is 11.6 Å². The summed E-state index contributed by atoms with van der Waals surface area (Å²) in [6.07, 6.45) is -2.51. The molecule has 3 heteroatoms. The predicted molar refractivity (Wildman–Crippen MR) is 27.2 cm³/mol. The van der Waals surface area contributed by atoms with Gasteiger partial charge < -0.3 is 5.11 Å². The van der Waals surface area contributed by atoms with Gasteiger partial charge in [-0.25, -0.2) is 0 Å². The van der Waals surface area contributed by atoms with Gasteiger partial charge in [0.2, 0.25) is 0 Å². The summed E-state index contributed by atoms with van der Waals surface area (Å²) in [6, 6.07) is 0. The third kappa shape index (κ3) is 5.50. The Hall–Kier alpha value is -0.500. The molecule has 40 valence electrons. The van der Waals surface area contributed by atoms with Crippen molar-refractivity contribution in [3.63, 3.8) is 0 Å². The van der Waals surface area contributed by atoms with Gasteiger partial charge in [0, 0.05) is 7.77 Å². The Morgan fingerprint density at radius 1 is 2.14 bits per heavy atom. The molecule has 0 spiro atoms. The van der Waals surface area contributed by atoms with Crippen molar-refractivity contribution in [1.29, 1.82) is 0 Å². The maximum atomic E-state index is 9.94. The van der Waals surface area contributed by atoms with E-state index < -0.39 is 17.4 Å². The highest BCUT2D eigenvalue weighted by Crippen LogP contribution is 2.00. The zero-order valence-electron chi connectivity index (χ0n) is 5.44. The Morgan fingerprint density at radius 2 is 2.57 bits per heavy atom. The Labute approximate surface area is 49.2 Å². The van der Waals surface area contributed by atoms with Crippen LogP contribution in [0, 0.1) is 0 Å². The molecule has 0 atom stereocenters. The van der Waals surface area contributed by atoms with Crippen LogP contribution in [-0.4, -0.2) is 11.1 Å². The fraction of sp³-hybridized carbons (Fsp3) is 0.250. The Bertz CT molecular complexity index is 139. The Balaban J connectivity index is 4.38. The second-order valence-electron chi connectivity index (χ2n) is 0.835. The first-order valence-electron chi connectivity index (χ1n) is 2.47. The van der Waals surface area contributed by atoms with Crippen molar-refractivity contribution in [3.8, 4) is 0 Å². The summed E-state index contributed by atoms with van der Waals surface area (Å²) in [4.78, 5) is 9.94. The van der Waals surface area contributed by atoms with E-state index in [1.54, 1.807) is 0 Å². The van der Waals surface area contributed by atoms with Crippen molar-refractivity contribution >= 4 is 17.6 Å². The van der Waals surface area contributed by atoms with Gasteiger partial charge in [-0.05, 0) is 0 Å². The van der Waals surface area contributed by atoms with E-state index in [4.69, 9.17) is 19.4 Å². The highest BCUT2D eigenvalue weighted by Gasteiger charge is 1.94. The van der Waals surface area contributed by atoms with E-state index in [1.807, 2.05) is 0 Å². The molecule has 2 nitrogen and oxygen atoms in total. The number of carboxylic acids is 1. The molecule has 0 unspecified atom stereocenters. The van der Waals surface area contributed by atoms with E-state index in [0.717, 1.165) is 0 Å². The minimum absolute atomic E-state index is 0.519. The van der Waals surface area contributed by atoms with Gasteiger partial charge in [0.1, 0.15) is 0 Å². The van der Waals surface area contributed by atoms with Crippen molar-refractivity contribution < 1.29 is 12.6 Å². The van der Waals surface area contributed by atoms with Gasteiger partial charge >= 0.3 is 5.97 Å². The number of carbonyl (C=O) groups is 1. The van der Waals surface area contributed by atoms with Crippen LogP contribution in [0.2, 0.25) is 0 Å². The first-order chi connectivity index (χ1) is 3.89. The summed E-state index contributed by atoms with van der Waals surface area (Å²) in [5.41, 5.74) is 0. The smallest absolute Gasteiger partial charge is 0.308 e. The molecule has 0 aliphatic rings. The van der Waals surface area contributed by atoms with Gasteiger partial charge in [-0.1, -0.05) is 18.2 Å². The van der Waals surface area contributed by atoms with Crippen LogP contribution >= 0.6 is 11.6 Å². The summed E-state index contributed by atoms with van der Waals surface area (Å²) in [5.74, 6) is -1.62. The summed E-state index contributed by atoms with van der Waals surface area (Å²) in [5, 5.41) is 7.57. The molecule has 0 aromatic heterocycles. The highest BCUT2D eigenvalue weighted by atomic mass is 35.5. The summed E-state index contributed by atoms with van der Waals surface area (Å²) >= 11 is 5.01. The lowest BCUT2D eigenvalue weighted by Crippen LogP contribution is -1.91. The van der Waals surface area contributed by atoms with E-state index in [0.29, 0.717) is 0 Å². The van der Waals surface area contributed by atoms with Crippen molar-refractivity contribution in [1.82, 2.24) is 0 Å². The molecule has 0 fully saturated rings. The summed E-state index contributed by atoms with van der Waals surface area (Å²) in [6.45, 7) is 2.96. The molecule has 0 rings (SSSR count). The van der Waals surface area contributed by atoms with E-state index >= 15 is 0 Å². The molecule has 0 aromatic carbocycles. The molecule has 0 aromatic rings. The fourth-order valence-corrected chi connectivity index (χ4v) is 0.197. The number of hydrogen-bond acceptors (Lipinski definition) is 1. The van der Waals surface area contributed by atoms with E-state index in [-0.39, 0.29) is 0 Å². The molecule has 0 saturated heterocycles. The number of halogens is 1. The largest absolute Gasteiger partial charge is 0.481 e. The van der Waals surface area contributed by atoms with Crippen molar-refractivity contribution in [2.24, 2.45) is 0 Å². The van der Waals surface area contributed by atoms with Crippen molar-refractivity contribution in [3.05, 3.63) is 11.6 Å².